The highest BCUT2D eigenvalue weighted by Gasteiger charge is 2.31. The molecule has 104 valence electrons. The third-order valence-electron chi connectivity index (χ3n) is 4.06. The van der Waals surface area contributed by atoms with Crippen LogP contribution in [0.2, 0.25) is 0 Å². The summed E-state index contributed by atoms with van der Waals surface area (Å²) < 4.78 is 3.13. The SMILES string of the molecule is CSC1CCCC1NC(=O)c1cc(Br)cn1C1CC1. The van der Waals surface area contributed by atoms with Gasteiger partial charge in [-0.15, -0.1) is 0 Å². The van der Waals surface area contributed by atoms with E-state index in [0.29, 0.717) is 17.3 Å². The van der Waals surface area contributed by atoms with Crippen LogP contribution in [0.5, 0.6) is 0 Å². The minimum Gasteiger partial charge on any atom is -0.347 e. The second-order valence-corrected chi connectivity index (χ2v) is 7.46. The predicted octanol–water partition coefficient (Wildman–Crippen LogP) is 3.60. The van der Waals surface area contributed by atoms with Crippen LogP contribution in [0, 0.1) is 0 Å². The molecule has 1 aromatic heterocycles. The second-order valence-electron chi connectivity index (χ2n) is 5.47. The summed E-state index contributed by atoms with van der Waals surface area (Å²) in [5, 5.41) is 3.81. The number of nitrogens with zero attached hydrogens (tertiary/aromatic N) is 1. The van der Waals surface area contributed by atoms with Gasteiger partial charge in [0, 0.05) is 28.0 Å². The van der Waals surface area contributed by atoms with Gasteiger partial charge < -0.3 is 9.88 Å². The van der Waals surface area contributed by atoms with Crippen LogP contribution in [0.3, 0.4) is 0 Å². The summed E-state index contributed by atoms with van der Waals surface area (Å²) in [7, 11) is 0. The zero-order valence-electron chi connectivity index (χ0n) is 11.1. The molecule has 5 heteroatoms. The standard InChI is InChI=1S/C14H19BrN2OS/c1-19-13-4-2-3-11(13)16-14(18)12-7-9(15)8-17(12)10-5-6-10/h7-8,10-11,13H,2-6H2,1H3,(H,16,18). The molecule has 0 radical (unpaired) electrons. The van der Waals surface area contributed by atoms with Crippen molar-refractivity contribution in [3.8, 4) is 0 Å². The Labute approximate surface area is 126 Å². The molecule has 2 aliphatic carbocycles. The van der Waals surface area contributed by atoms with Crippen LogP contribution < -0.4 is 5.32 Å². The molecule has 0 aliphatic heterocycles. The predicted molar refractivity (Wildman–Crippen MR) is 82.8 cm³/mol. The molecule has 1 amide bonds. The van der Waals surface area contributed by atoms with Crippen molar-refractivity contribution in [1.29, 1.82) is 0 Å². The van der Waals surface area contributed by atoms with E-state index in [4.69, 9.17) is 0 Å². The molecule has 3 nitrogen and oxygen atoms in total. The topological polar surface area (TPSA) is 34.0 Å². The fourth-order valence-corrected chi connectivity index (χ4v) is 4.27. The summed E-state index contributed by atoms with van der Waals surface area (Å²) in [6.07, 6.45) is 10.1. The summed E-state index contributed by atoms with van der Waals surface area (Å²) in [5.41, 5.74) is 0.807. The van der Waals surface area contributed by atoms with Gasteiger partial charge in [-0.1, -0.05) is 6.42 Å². The largest absolute Gasteiger partial charge is 0.347 e. The van der Waals surface area contributed by atoms with Crippen LogP contribution in [0.1, 0.15) is 48.6 Å². The maximum Gasteiger partial charge on any atom is 0.268 e. The Morgan fingerprint density at radius 3 is 2.89 bits per heavy atom. The van der Waals surface area contributed by atoms with Crippen molar-refractivity contribution in [3.05, 3.63) is 22.4 Å². The average molecular weight is 343 g/mol. The Balaban J connectivity index is 1.73. The number of aromatic nitrogens is 1. The van der Waals surface area contributed by atoms with E-state index in [9.17, 15) is 4.79 Å². The average Bonchev–Trinajstić information content (AvgIpc) is 3.02. The van der Waals surface area contributed by atoms with E-state index in [2.05, 4.69) is 32.1 Å². The number of amides is 1. The first-order chi connectivity index (χ1) is 9.19. The lowest BCUT2D eigenvalue weighted by molar-refractivity contribution is 0.0929. The van der Waals surface area contributed by atoms with Crippen molar-refractivity contribution in [2.45, 2.75) is 49.4 Å². The monoisotopic (exact) mass is 342 g/mol. The molecule has 0 aromatic carbocycles. The molecular formula is C14H19BrN2OS. The highest BCUT2D eigenvalue weighted by atomic mass is 79.9. The van der Waals surface area contributed by atoms with Gasteiger partial charge in [-0.3, -0.25) is 4.79 Å². The molecule has 1 heterocycles. The van der Waals surface area contributed by atoms with Crippen molar-refractivity contribution < 1.29 is 4.79 Å². The molecule has 2 unspecified atom stereocenters. The molecule has 19 heavy (non-hydrogen) atoms. The van der Waals surface area contributed by atoms with Crippen molar-refractivity contribution in [2.24, 2.45) is 0 Å². The van der Waals surface area contributed by atoms with E-state index in [1.54, 1.807) is 0 Å². The van der Waals surface area contributed by atoms with Gasteiger partial charge in [0.2, 0.25) is 0 Å². The number of carbonyl (C=O) groups is 1. The second kappa shape index (κ2) is 5.52. The van der Waals surface area contributed by atoms with Crippen LogP contribution in [-0.2, 0) is 0 Å². The highest BCUT2D eigenvalue weighted by Crippen LogP contribution is 2.37. The zero-order valence-corrected chi connectivity index (χ0v) is 13.5. The first-order valence-corrected chi connectivity index (χ1v) is 8.98. The Morgan fingerprint density at radius 1 is 1.42 bits per heavy atom. The summed E-state index contributed by atoms with van der Waals surface area (Å²) >= 11 is 5.36. The van der Waals surface area contributed by atoms with Crippen LogP contribution in [0.4, 0.5) is 0 Å². The van der Waals surface area contributed by atoms with Crippen molar-refractivity contribution in [1.82, 2.24) is 9.88 Å². The Bertz CT molecular complexity index is 484. The van der Waals surface area contributed by atoms with Gasteiger partial charge in [0.1, 0.15) is 5.69 Å². The van der Waals surface area contributed by atoms with Crippen LogP contribution in [0.15, 0.2) is 16.7 Å². The number of hydrogen-bond acceptors (Lipinski definition) is 2. The molecular weight excluding hydrogens is 324 g/mol. The van der Waals surface area contributed by atoms with Gasteiger partial charge in [0.25, 0.3) is 5.91 Å². The lowest BCUT2D eigenvalue weighted by atomic mass is 10.2. The quantitative estimate of drug-likeness (QED) is 0.906. The number of carbonyl (C=O) groups excluding carboxylic acids is 1. The van der Waals surface area contributed by atoms with E-state index in [0.717, 1.165) is 16.6 Å². The van der Waals surface area contributed by atoms with Gasteiger partial charge in [-0.25, -0.2) is 0 Å². The van der Waals surface area contributed by atoms with E-state index >= 15 is 0 Å². The Kier molecular flexibility index (Phi) is 3.94. The molecule has 2 fully saturated rings. The van der Waals surface area contributed by atoms with Gasteiger partial charge >= 0.3 is 0 Å². The normalized spacial score (nSPS) is 26.6. The zero-order chi connectivity index (χ0) is 13.4. The smallest absolute Gasteiger partial charge is 0.268 e. The maximum absolute atomic E-state index is 12.5. The fraction of sp³-hybridized carbons (Fsp3) is 0.643. The molecule has 0 saturated heterocycles. The minimum atomic E-state index is 0.0866. The molecule has 2 saturated carbocycles. The number of nitrogens with one attached hydrogen (secondary N) is 1. The first kappa shape index (κ1) is 13.6. The van der Waals surface area contributed by atoms with Crippen LogP contribution in [0.25, 0.3) is 0 Å². The van der Waals surface area contributed by atoms with Crippen molar-refractivity contribution >= 4 is 33.6 Å². The summed E-state index contributed by atoms with van der Waals surface area (Å²) in [5.74, 6) is 0.0866. The van der Waals surface area contributed by atoms with E-state index in [-0.39, 0.29) is 5.91 Å². The Hall–Kier alpha value is -0.420. The highest BCUT2D eigenvalue weighted by molar-refractivity contribution is 9.10. The maximum atomic E-state index is 12.5. The third kappa shape index (κ3) is 2.87. The molecule has 1 N–H and O–H groups in total. The van der Waals surface area contributed by atoms with Gasteiger partial charge in [-0.2, -0.15) is 11.8 Å². The lowest BCUT2D eigenvalue weighted by Crippen LogP contribution is -2.39. The number of thioether (sulfide) groups is 1. The molecule has 2 atom stereocenters. The van der Waals surface area contributed by atoms with Crippen molar-refractivity contribution in [3.63, 3.8) is 0 Å². The molecule has 0 spiro atoms. The number of rotatable bonds is 4. The number of halogens is 1. The van der Waals surface area contributed by atoms with Crippen LogP contribution in [-0.4, -0.2) is 28.0 Å². The minimum absolute atomic E-state index is 0.0866. The fourth-order valence-electron chi connectivity index (χ4n) is 2.90. The molecule has 3 rings (SSSR count). The van der Waals surface area contributed by atoms with E-state index < -0.39 is 0 Å². The van der Waals surface area contributed by atoms with Gasteiger partial charge in [-0.05, 0) is 53.9 Å². The van der Waals surface area contributed by atoms with Crippen LogP contribution >= 0.6 is 27.7 Å². The van der Waals surface area contributed by atoms with Gasteiger partial charge in [0.05, 0.1) is 0 Å². The molecule has 2 aliphatic rings. The van der Waals surface area contributed by atoms with E-state index in [1.807, 2.05) is 24.0 Å². The molecule has 0 bridgehead atoms. The molecule has 1 aromatic rings. The Morgan fingerprint density at radius 2 is 2.21 bits per heavy atom. The summed E-state index contributed by atoms with van der Waals surface area (Å²) in [6, 6.07) is 2.81. The van der Waals surface area contributed by atoms with E-state index in [1.165, 1.54) is 25.7 Å². The number of hydrogen-bond donors (Lipinski definition) is 1. The summed E-state index contributed by atoms with van der Waals surface area (Å²) in [6.45, 7) is 0. The van der Waals surface area contributed by atoms with Crippen molar-refractivity contribution in [2.75, 3.05) is 6.26 Å². The summed E-state index contributed by atoms with van der Waals surface area (Å²) in [4.78, 5) is 12.5. The lowest BCUT2D eigenvalue weighted by Gasteiger charge is -2.19. The van der Waals surface area contributed by atoms with Gasteiger partial charge in [0.15, 0.2) is 0 Å². The third-order valence-corrected chi connectivity index (χ3v) is 5.66. The first-order valence-electron chi connectivity index (χ1n) is 6.90.